The van der Waals surface area contributed by atoms with Crippen molar-refractivity contribution in [3.63, 3.8) is 0 Å². The number of rotatable bonds is 5. The molecular weight excluding hydrogens is 516 g/mol. The number of aryl methyl sites for hydroxylation is 2. The molecule has 4 aliphatic carbocycles. The van der Waals surface area contributed by atoms with Gasteiger partial charge in [0.05, 0.1) is 11.0 Å². The molecule has 0 N–H and O–H groups in total. The van der Waals surface area contributed by atoms with E-state index < -0.39 is 5.41 Å². The van der Waals surface area contributed by atoms with Gasteiger partial charge in [0.2, 0.25) is 0 Å². The lowest BCUT2D eigenvalue weighted by atomic mass is 9.42. The average Bonchev–Trinajstić information content (AvgIpc) is 3.38. The molecule has 1 heterocycles. The Balaban J connectivity index is 1.41. The van der Waals surface area contributed by atoms with E-state index in [0.29, 0.717) is 5.57 Å². The van der Waals surface area contributed by atoms with Gasteiger partial charge in [-0.25, -0.2) is 0 Å². The highest BCUT2D eigenvalue weighted by atomic mass is 16.3. The van der Waals surface area contributed by atoms with Crippen LogP contribution < -0.4 is 0 Å². The number of hydrogen-bond donors (Lipinski definition) is 0. The lowest BCUT2D eigenvalue weighted by Gasteiger charge is -2.60. The smallest absolute Gasteiger partial charge is 0.176 e. The van der Waals surface area contributed by atoms with Gasteiger partial charge < -0.3 is 4.42 Å². The van der Waals surface area contributed by atoms with E-state index in [9.17, 15) is 9.59 Å². The Kier molecular flexibility index (Phi) is 6.99. The molecule has 1 saturated carbocycles. The molecule has 0 unspecified atom stereocenters. The summed E-state index contributed by atoms with van der Waals surface area (Å²) in [6.45, 7) is 19.3. The summed E-state index contributed by atoms with van der Waals surface area (Å²) >= 11 is 0. The summed E-state index contributed by atoms with van der Waals surface area (Å²) in [6.07, 6.45) is 11.6. The number of furan rings is 1. The van der Waals surface area contributed by atoms with E-state index in [0.717, 1.165) is 59.8 Å². The summed E-state index contributed by atoms with van der Waals surface area (Å²) in [5.41, 5.74) is 8.42. The van der Waals surface area contributed by atoms with Crippen LogP contribution >= 0.6 is 0 Å². The number of benzene rings is 1. The molecular formula is C39H48O3. The van der Waals surface area contributed by atoms with Gasteiger partial charge in [-0.3, -0.25) is 9.59 Å². The zero-order valence-corrected chi connectivity index (χ0v) is 26.9. The van der Waals surface area contributed by atoms with Crippen molar-refractivity contribution in [1.29, 1.82) is 0 Å². The summed E-state index contributed by atoms with van der Waals surface area (Å²) in [5.74, 6) is 2.76. The normalized spacial score (nSPS) is 29.9. The van der Waals surface area contributed by atoms with Crippen molar-refractivity contribution >= 4 is 17.1 Å². The standard InChI is InChI=1S/C39H48O3/c1-23-14-18-30(32-19-17-29(42-32)16-15-28-12-10-9-11-13-28)31-21-37(6)22-38(7)20-24(2)34(27(5)40)36(41)39(38,8)26(4)35(37)25(3)33(23)31/h14,17-19,28H,3,9-13,15-16,20-22H2,1-2,4-8H3/t37-,38+,39+/m1/s1. The van der Waals surface area contributed by atoms with Crippen molar-refractivity contribution in [2.75, 3.05) is 0 Å². The SMILES string of the molecule is C=C1C2=C(C)[C@@]3(C)C(=O)C(C(C)=O)=C(C)C[C@@]3(C)C[C@@]2(C)Cc2c(-c3ccc(CCC4CCCCC4)o3)ccc(C)c21. The summed E-state index contributed by atoms with van der Waals surface area (Å²) in [7, 11) is 0. The molecule has 42 heavy (non-hydrogen) atoms. The molecule has 4 aliphatic rings. The second kappa shape index (κ2) is 10.1. The molecule has 0 radical (unpaired) electrons. The van der Waals surface area contributed by atoms with Gasteiger partial charge in [-0.2, -0.15) is 0 Å². The Morgan fingerprint density at radius 1 is 1.00 bits per heavy atom. The Labute approximate surface area is 252 Å². The fourth-order valence-electron chi connectivity index (χ4n) is 9.88. The number of hydrogen-bond acceptors (Lipinski definition) is 3. The molecule has 222 valence electrons. The van der Waals surface area contributed by atoms with Gasteiger partial charge in [0, 0.05) is 12.0 Å². The zero-order chi connectivity index (χ0) is 30.2. The van der Waals surface area contributed by atoms with Gasteiger partial charge in [-0.15, -0.1) is 0 Å². The second-order valence-electron chi connectivity index (χ2n) is 14.9. The number of carbonyl (C=O) groups excluding carboxylic acids is 2. The first kappa shape index (κ1) is 29.1. The molecule has 0 spiro atoms. The first-order chi connectivity index (χ1) is 19.8. The summed E-state index contributed by atoms with van der Waals surface area (Å²) in [6, 6.07) is 8.78. The molecule has 1 aromatic carbocycles. The summed E-state index contributed by atoms with van der Waals surface area (Å²) < 4.78 is 6.55. The van der Waals surface area contributed by atoms with Crippen molar-refractivity contribution in [3.8, 4) is 11.3 Å². The lowest BCUT2D eigenvalue weighted by molar-refractivity contribution is -0.134. The van der Waals surface area contributed by atoms with E-state index in [1.165, 1.54) is 73.3 Å². The van der Waals surface area contributed by atoms with Gasteiger partial charge in [0.15, 0.2) is 11.6 Å². The van der Waals surface area contributed by atoms with Crippen molar-refractivity contribution in [1.82, 2.24) is 0 Å². The first-order valence-electron chi connectivity index (χ1n) is 16.2. The van der Waals surface area contributed by atoms with Crippen molar-refractivity contribution < 1.29 is 14.0 Å². The average molecular weight is 565 g/mol. The monoisotopic (exact) mass is 564 g/mol. The van der Waals surface area contributed by atoms with Crippen molar-refractivity contribution in [3.05, 3.63) is 75.6 Å². The second-order valence-corrected chi connectivity index (χ2v) is 14.9. The van der Waals surface area contributed by atoms with Crippen LogP contribution in [0.2, 0.25) is 0 Å². The minimum absolute atomic E-state index is 0.00582. The third kappa shape index (κ3) is 4.20. The van der Waals surface area contributed by atoms with E-state index in [1.807, 2.05) is 6.92 Å². The third-order valence-electron chi connectivity index (χ3n) is 12.0. The molecule has 6 rings (SSSR count). The quantitative estimate of drug-likeness (QED) is 0.340. The Morgan fingerprint density at radius 3 is 2.40 bits per heavy atom. The highest BCUT2D eigenvalue weighted by molar-refractivity contribution is 6.23. The first-order valence-corrected chi connectivity index (χ1v) is 16.2. The van der Waals surface area contributed by atoms with Crippen LogP contribution in [0.15, 0.2) is 57.6 Å². The number of allylic oxidation sites excluding steroid dienone is 5. The van der Waals surface area contributed by atoms with Crippen LogP contribution in [0.3, 0.4) is 0 Å². The minimum atomic E-state index is -0.734. The molecule has 2 aromatic rings. The van der Waals surface area contributed by atoms with E-state index >= 15 is 0 Å². The van der Waals surface area contributed by atoms with Crippen LogP contribution in [0.1, 0.15) is 115 Å². The minimum Gasteiger partial charge on any atom is -0.461 e. The van der Waals surface area contributed by atoms with Crippen LogP contribution in [0, 0.1) is 29.1 Å². The molecule has 3 atom stereocenters. The van der Waals surface area contributed by atoms with Gasteiger partial charge in [-0.05, 0) is 117 Å². The van der Waals surface area contributed by atoms with Crippen molar-refractivity contribution in [2.24, 2.45) is 22.2 Å². The predicted octanol–water partition coefficient (Wildman–Crippen LogP) is 9.95. The molecule has 1 aromatic heterocycles. The maximum absolute atomic E-state index is 14.2. The van der Waals surface area contributed by atoms with E-state index in [2.05, 4.69) is 58.9 Å². The molecule has 3 nitrogen and oxygen atoms in total. The molecule has 0 saturated heterocycles. The van der Waals surface area contributed by atoms with Crippen LogP contribution in [-0.2, 0) is 22.4 Å². The molecule has 0 bridgehead atoms. The lowest BCUT2D eigenvalue weighted by Crippen LogP contribution is -2.56. The number of Topliss-reactive ketones (excluding diaryl/α,β-unsaturated/α-hetero) is 2. The van der Waals surface area contributed by atoms with Crippen LogP contribution in [0.4, 0.5) is 0 Å². The van der Waals surface area contributed by atoms with Gasteiger partial charge >= 0.3 is 0 Å². The van der Waals surface area contributed by atoms with Crippen LogP contribution in [0.25, 0.3) is 16.9 Å². The highest BCUT2D eigenvalue weighted by Crippen LogP contribution is 2.68. The molecule has 3 heteroatoms. The molecule has 1 fully saturated rings. The molecule has 0 aliphatic heterocycles. The summed E-state index contributed by atoms with van der Waals surface area (Å²) in [5, 5.41) is 0. The van der Waals surface area contributed by atoms with Gasteiger partial charge in [-0.1, -0.05) is 75.8 Å². The van der Waals surface area contributed by atoms with E-state index in [4.69, 9.17) is 11.0 Å². The number of ketones is 2. The number of fused-ring (bicyclic) bond motifs is 3. The fraction of sp³-hybridized carbons (Fsp3) is 0.538. The van der Waals surface area contributed by atoms with E-state index in [1.54, 1.807) is 0 Å². The van der Waals surface area contributed by atoms with Crippen LogP contribution in [0.5, 0.6) is 0 Å². The van der Waals surface area contributed by atoms with Gasteiger partial charge in [0.1, 0.15) is 11.5 Å². The van der Waals surface area contributed by atoms with Crippen molar-refractivity contribution in [2.45, 2.75) is 113 Å². The zero-order valence-electron chi connectivity index (χ0n) is 26.9. The Morgan fingerprint density at radius 2 is 1.71 bits per heavy atom. The number of carbonyl (C=O) groups is 2. The van der Waals surface area contributed by atoms with Gasteiger partial charge in [0.25, 0.3) is 0 Å². The Bertz CT molecular complexity index is 1570. The van der Waals surface area contributed by atoms with E-state index in [-0.39, 0.29) is 22.4 Å². The van der Waals surface area contributed by atoms with Crippen LogP contribution in [-0.4, -0.2) is 11.6 Å². The highest BCUT2D eigenvalue weighted by Gasteiger charge is 2.62. The maximum atomic E-state index is 14.2. The predicted molar refractivity (Wildman–Crippen MR) is 171 cm³/mol. The largest absolute Gasteiger partial charge is 0.461 e. The Hall–Kier alpha value is -2.94. The fourth-order valence-corrected chi connectivity index (χ4v) is 9.88. The maximum Gasteiger partial charge on any atom is 0.176 e. The third-order valence-corrected chi connectivity index (χ3v) is 12.0. The summed E-state index contributed by atoms with van der Waals surface area (Å²) in [4.78, 5) is 26.8. The molecule has 0 amide bonds. The topological polar surface area (TPSA) is 47.3 Å².